The zero-order chi connectivity index (χ0) is 20.3. The molecule has 150 valence electrons. The lowest BCUT2D eigenvalue weighted by Crippen LogP contribution is -2.24. The van der Waals surface area contributed by atoms with Gasteiger partial charge in [-0.1, -0.05) is 17.7 Å². The lowest BCUT2D eigenvalue weighted by molar-refractivity contribution is 0.00695. The molecule has 0 atom stereocenters. The number of fused-ring (bicyclic) bond motifs is 2. The molecule has 0 saturated carbocycles. The average molecular weight is 406 g/mol. The van der Waals surface area contributed by atoms with Crippen LogP contribution >= 0.6 is 11.6 Å². The van der Waals surface area contributed by atoms with Crippen LogP contribution in [0.25, 0.3) is 0 Å². The molecule has 1 N–H and O–H groups in total. The summed E-state index contributed by atoms with van der Waals surface area (Å²) >= 11 is 5.96. The Balaban J connectivity index is 1.91. The molecule has 0 amide bonds. The molecule has 1 aliphatic heterocycles. The molecule has 0 saturated heterocycles. The van der Waals surface area contributed by atoms with Crippen molar-refractivity contribution in [1.29, 1.82) is 0 Å². The molecule has 0 bridgehead atoms. The van der Waals surface area contributed by atoms with E-state index >= 15 is 0 Å². The first-order valence-corrected chi connectivity index (χ1v) is 9.82. The van der Waals surface area contributed by atoms with E-state index < -0.39 is 11.6 Å². The van der Waals surface area contributed by atoms with Crippen LogP contribution in [-0.4, -0.2) is 18.2 Å². The molecule has 0 unspecified atom stereocenters. The molecule has 1 heterocycles. The zero-order valence-electron chi connectivity index (χ0n) is 16.4. The maximum atomic E-state index is 14.5. The second-order valence-electron chi connectivity index (χ2n) is 7.87. The van der Waals surface area contributed by atoms with Gasteiger partial charge in [0.1, 0.15) is 17.2 Å². The van der Waals surface area contributed by atoms with Crippen molar-refractivity contribution in [3.63, 3.8) is 0 Å². The summed E-state index contributed by atoms with van der Waals surface area (Å²) in [5.41, 5.74) is 2.01. The molecular formula is C22H25ClFNO3. The van der Waals surface area contributed by atoms with E-state index in [0.29, 0.717) is 42.1 Å². The van der Waals surface area contributed by atoms with Crippen LogP contribution in [0.2, 0.25) is 5.02 Å². The monoisotopic (exact) mass is 405 g/mol. The van der Waals surface area contributed by atoms with Gasteiger partial charge in [-0.3, -0.25) is 0 Å². The summed E-state index contributed by atoms with van der Waals surface area (Å²) in [5, 5.41) is 3.42. The predicted molar refractivity (Wildman–Crippen MR) is 109 cm³/mol. The van der Waals surface area contributed by atoms with Crippen LogP contribution in [0, 0.1) is 5.82 Å². The summed E-state index contributed by atoms with van der Waals surface area (Å²) in [6.45, 7) is 6.39. The lowest BCUT2D eigenvalue weighted by atomic mass is 10.0. The number of hydrogen-bond donors (Lipinski definition) is 1. The summed E-state index contributed by atoms with van der Waals surface area (Å²) in [7, 11) is 0. The number of hydrogen-bond acceptors (Lipinski definition) is 4. The highest BCUT2D eigenvalue weighted by Crippen LogP contribution is 2.30. The van der Waals surface area contributed by atoms with Crippen molar-refractivity contribution < 1.29 is 18.7 Å². The van der Waals surface area contributed by atoms with E-state index in [1.54, 1.807) is 24.3 Å². The van der Waals surface area contributed by atoms with Gasteiger partial charge in [0, 0.05) is 6.54 Å². The van der Waals surface area contributed by atoms with Crippen molar-refractivity contribution in [2.45, 2.75) is 52.2 Å². The van der Waals surface area contributed by atoms with Crippen LogP contribution in [0.1, 0.15) is 55.1 Å². The number of rotatable bonds is 1. The minimum Gasteiger partial charge on any atom is -0.491 e. The Morgan fingerprint density at radius 2 is 2.00 bits per heavy atom. The van der Waals surface area contributed by atoms with Gasteiger partial charge in [-0.15, -0.1) is 0 Å². The highest BCUT2D eigenvalue weighted by molar-refractivity contribution is 6.30. The van der Waals surface area contributed by atoms with Gasteiger partial charge in [0.25, 0.3) is 0 Å². The first-order valence-electron chi connectivity index (χ1n) is 9.44. The van der Waals surface area contributed by atoms with Gasteiger partial charge in [0.15, 0.2) is 0 Å². The molecule has 2 aromatic carbocycles. The van der Waals surface area contributed by atoms with E-state index in [9.17, 15) is 9.18 Å². The Labute approximate surface area is 170 Å². The number of anilines is 1. The van der Waals surface area contributed by atoms with Crippen LogP contribution in [0.15, 0.2) is 30.3 Å². The van der Waals surface area contributed by atoms with Crippen molar-refractivity contribution in [3.8, 4) is 5.75 Å². The van der Waals surface area contributed by atoms with Gasteiger partial charge >= 0.3 is 5.97 Å². The van der Waals surface area contributed by atoms with Crippen molar-refractivity contribution in [1.82, 2.24) is 0 Å². The normalized spacial score (nSPS) is 14.6. The van der Waals surface area contributed by atoms with Gasteiger partial charge in [-0.25, -0.2) is 9.18 Å². The zero-order valence-corrected chi connectivity index (χ0v) is 17.2. The van der Waals surface area contributed by atoms with E-state index in [-0.39, 0.29) is 10.8 Å². The van der Waals surface area contributed by atoms with Crippen molar-refractivity contribution in [2.24, 2.45) is 0 Å². The molecular weight excluding hydrogens is 381 g/mol. The van der Waals surface area contributed by atoms with Crippen LogP contribution in [0.3, 0.4) is 0 Å². The third kappa shape index (κ3) is 4.96. The number of halogens is 2. The number of carbonyl (C=O) groups is 1. The molecule has 0 spiro atoms. The van der Waals surface area contributed by atoms with Gasteiger partial charge in [-0.05, 0) is 75.4 Å². The van der Waals surface area contributed by atoms with Crippen LogP contribution in [0.4, 0.5) is 10.1 Å². The number of nitrogens with one attached hydrogen (secondary N) is 1. The molecule has 6 heteroatoms. The Morgan fingerprint density at radius 1 is 1.21 bits per heavy atom. The molecule has 1 aliphatic rings. The molecule has 0 fully saturated rings. The van der Waals surface area contributed by atoms with Gasteiger partial charge in [-0.2, -0.15) is 0 Å². The highest BCUT2D eigenvalue weighted by atomic mass is 35.5. The third-order valence-corrected chi connectivity index (χ3v) is 4.75. The van der Waals surface area contributed by atoms with Crippen LogP contribution < -0.4 is 10.1 Å². The minimum atomic E-state index is -0.575. The van der Waals surface area contributed by atoms with E-state index in [2.05, 4.69) is 5.32 Å². The third-order valence-electron chi connectivity index (χ3n) is 4.46. The van der Waals surface area contributed by atoms with Crippen molar-refractivity contribution >= 4 is 23.3 Å². The fraction of sp³-hybridized carbons (Fsp3) is 0.409. The summed E-state index contributed by atoms with van der Waals surface area (Å²) < 4.78 is 25.8. The standard InChI is InChI=1S/C22H25ClFNO3/c1-22(2,3)28-21(26)14-8-10-19-18(12-14)25-13-15-7-9-17(23)20(24)16(15)6-4-5-11-27-19/h7-10,12,25H,4-6,11,13H2,1-3H3. The fourth-order valence-corrected chi connectivity index (χ4v) is 3.28. The lowest BCUT2D eigenvalue weighted by Gasteiger charge is -2.20. The summed E-state index contributed by atoms with van der Waals surface area (Å²) in [5.74, 6) is -0.0984. The second kappa shape index (κ2) is 8.39. The largest absolute Gasteiger partial charge is 0.491 e. The number of carbonyl (C=O) groups excluding carboxylic acids is 1. The predicted octanol–water partition coefficient (Wildman–Crippen LogP) is 5.76. The van der Waals surface area contributed by atoms with E-state index in [0.717, 1.165) is 18.4 Å². The Bertz CT molecular complexity index is 877. The maximum absolute atomic E-state index is 14.5. The molecule has 0 aromatic heterocycles. The van der Waals surface area contributed by atoms with Gasteiger partial charge < -0.3 is 14.8 Å². The SMILES string of the molecule is CC(C)(C)OC(=O)c1ccc2c(c1)NCc1ccc(Cl)c(F)c1CCCCO2. The number of esters is 1. The Morgan fingerprint density at radius 3 is 2.75 bits per heavy atom. The molecule has 2 aromatic rings. The first-order chi connectivity index (χ1) is 13.2. The number of benzene rings is 2. The fourth-order valence-electron chi connectivity index (χ4n) is 3.10. The van der Waals surface area contributed by atoms with Crippen molar-refractivity contribution in [2.75, 3.05) is 11.9 Å². The van der Waals surface area contributed by atoms with Crippen LogP contribution in [-0.2, 0) is 17.7 Å². The second-order valence-corrected chi connectivity index (χ2v) is 8.28. The highest BCUT2D eigenvalue weighted by Gasteiger charge is 2.20. The molecule has 28 heavy (non-hydrogen) atoms. The maximum Gasteiger partial charge on any atom is 0.338 e. The van der Waals surface area contributed by atoms with E-state index in [1.165, 1.54) is 0 Å². The minimum absolute atomic E-state index is 0.137. The molecule has 0 radical (unpaired) electrons. The van der Waals surface area contributed by atoms with Crippen LogP contribution in [0.5, 0.6) is 5.75 Å². The summed E-state index contributed by atoms with van der Waals surface area (Å²) in [6, 6.07) is 8.59. The molecule has 4 nitrogen and oxygen atoms in total. The summed E-state index contributed by atoms with van der Waals surface area (Å²) in [4.78, 5) is 12.4. The number of ether oxygens (including phenoxy) is 2. The Hall–Kier alpha value is -2.27. The Kier molecular flexibility index (Phi) is 6.14. The van der Waals surface area contributed by atoms with E-state index in [4.69, 9.17) is 21.1 Å². The molecule has 3 rings (SSSR count). The average Bonchev–Trinajstić information content (AvgIpc) is 2.66. The smallest absolute Gasteiger partial charge is 0.338 e. The van der Waals surface area contributed by atoms with Gasteiger partial charge in [0.2, 0.25) is 0 Å². The molecule has 0 aliphatic carbocycles. The van der Waals surface area contributed by atoms with Gasteiger partial charge in [0.05, 0.1) is 22.9 Å². The first kappa shape index (κ1) is 20.5. The van der Waals surface area contributed by atoms with E-state index in [1.807, 2.05) is 26.8 Å². The topological polar surface area (TPSA) is 47.6 Å². The quantitative estimate of drug-likeness (QED) is 0.612. The summed E-state index contributed by atoms with van der Waals surface area (Å²) in [6.07, 6.45) is 2.19. The van der Waals surface area contributed by atoms with Crippen molar-refractivity contribution in [3.05, 3.63) is 57.9 Å².